The van der Waals surface area contributed by atoms with E-state index in [0.717, 1.165) is 18.8 Å². The molecule has 0 bridgehead atoms. The SMILES string of the molecule is CC(C)C1N(C)c2ccc(N)c(N3CCCC3)c2N1C.NCC(N)=O. The average molecular weight is 348 g/mol. The van der Waals surface area contributed by atoms with Crippen LogP contribution in [0, 0.1) is 5.92 Å². The Morgan fingerprint density at radius 2 is 1.72 bits per heavy atom. The number of nitrogen functional groups attached to an aromatic ring is 1. The molecular weight excluding hydrogens is 316 g/mol. The summed E-state index contributed by atoms with van der Waals surface area (Å²) in [6, 6.07) is 4.24. The molecule has 25 heavy (non-hydrogen) atoms. The molecule has 0 aliphatic carbocycles. The Kier molecular flexibility index (Phi) is 6.00. The lowest BCUT2D eigenvalue weighted by molar-refractivity contribution is -0.116. The van der Waals surface area contributed by atoms with Crippen LogP contribution in [0.3, 0.4) is 0 Å². The minimum atomic E-state index is -0.468. The van der Waals surface area contributed by atoms with E-state index in [9.17, 15) is 4.79 Å². The van der Waals surface area contributed by atoms with Gasteiger partial charge in [0, 0.05) is 27.2 Å². The highest BCUT2D eigenvalue weighted by Crippen LogP contribution is 2.49. The maximum Gasteiger partial charge on any atom is 0.231 e. The molecule has 0 radical (unpaired) electrons. The molecule has 0 spiro atoms. The zero-order valence-electron chi connectivity index (χ0n) is 15.8. The maximum atomic E-state index is 9.47. The second-order valence-corrected chi connectivity index (χ2v) is 7.12. The number of fused-ring (bicyclic) bond motifs is 1. The number of nitrogens with zero attached hydrogens (tertiary/aromatic N) is 3. The van der Waals surface area contributed by atoms with E-state index < -0.39 is 5.91 Å². The molecule has 1 aromatic rings. The highest BCUT2D eigenvalue weighted by Gasteiger charge is 2.37. The van der Waals surface area contributed by atoms with Gasteiger partial charge < -0.3 is 31.9 Å². The van der Waals surface area contributed by atoms with Crippen molar-refractivity contribution >= 4 is 28.7 Å². The Morgan fingerprint density at radius 3 is 2.20 bits per heavy atom. The molecule has 2 aliphatic heterocycles. The highest BCUT2D eigenvalue weighted by atomic mass is 16.1. The number of rotatable bonds is 3. The smallest absolute Gasteiger partial charge is 0.231 e. The van der Waals surface area contributed by atoms with Crippen molar-refractivity contribution in [2.75, 3.05) is 54.2 Å². The molecule has 2 aliphatic rings. The Labute approximate surface area is 150 Å². The van der Waals surface area contributed by atoms with E-state index in [1.165, 1.54) is 29.9 Å². The molecule has 1 aromatic carbocycles. The van der Waals surface area contributed by atoms with Gasteiger partial charge in [0.1, 0.15) is 6.17 Å². The van der Waals surface area contributed by atoms with Crippen molar-refractivity contribution in [3.8, 4) is 0 Å². The number of hydrogen-bond acceptors (Lipinski definition) is 6. The minimum Gasteiger partial charge on any atom is -0.397 e. The molecule has 1 unspecified atom stereocenters. The summed E-state index contributed by atoms with van der Waals surface area (Å²) in [4.78, 5) is 16.7. The molecule has 1 amide bonds. The first-order chi connectivity index (χ1) is 11.8. The highest BCUT2D eigenvalue weighted by molar-refractivity contribution is 5.95. The second kappa shape index (κ2) is 7.82. The van der Waals surface area contributed by atoms with Crippen molar-refractivity contribution < 1.29 is 4.79 Å². The monoisotopic (exact) mass is 348 g/mol. The number of nitrogens with two attached hydrogens (primary N) is 3. The second-order valence-electron chi connectivity index (χ2n) is 7.12. The number of benzene rings is 1. The zero-order chi connectivity index (χ0) is 18.7. The van der Waals surface area contributed by atoms with Crippen molar-refractivity contribution in [2.45, 2.75) is 32.9 Å². The van der Waals surface area contributed by atoms with E-state index >= 15 is 0 Å². The summed E-state index contributed by atoms with van der Waals surface area (Å²) in [7, 11) is 4.39. The first kappa shape index (κ1) is 19.2. The fourth-order valence-electron chi connectivity index (χ4n) is 3.92. The number of anilines is 4. The summed E-state index contributed by atoms with van der Waals surface area (Å²) in [6.45, 7) is 6.76. The third-order valence-electron chi connectivity index (χ3n) is 4.91. The third kappa shape index (κ3) is 3.76. The van der Waals surface area contributed by atoms with Gasteiger partial charge in [-0.15, -0.1) is 0 Å². The van der Waals surface area contributed by atoms with Gasteiger partial charge in [0.25, 0.3) is 0 Å². The van der Waals surface area contributed by atoms with Crippen LogP contribution in [0.1, 0.15) is 26.7 Å². The Bertz CT molecular complexity index is 612. The van der Waals surface area contributed by atoms with Crippen LogP contribution in [0.2, 0.25) is 0 Å². The first-order valence-corrected chi connectivity index (χ1v) is 8.91. The standard InChI is InChI=1S/C16H26N4.C2H6N2O/c1-11(2)16-18(3)13-8-7-12(17)14(15(13)19(16)4)20-9-5-6-10-20;3-1-2(4)5/h7-8,11,16H,5-6,9-10,17H2,1-4H3;1,3H2,(H2,4,5). The normalized spacial score (nSPS) is 19.1. The molecule has 0 aromatic heterocycles. The van der Waals surface area contributed by atoms with Crippen LogP contribution in [-0.4, -0.2) is 45.8 Å². The van der Waals surface area contributed by atoms with Crippen molar-refractivity contribution in [3.63, 3.8) is 0 Å². The number of amides is 1. The van der Waals surface area contributed by atoms with Gasteiger partial charge in [0.2, 0.25) is 5.91 Å². The lowest BCUT2D eigenvalue weighted by Crippen LogP contribution is -2.43. The third-order valence-corrected chi connectivity index (χ3v) is 4.91. The van der Waals surface area contributed by atoms with Crippen LogP contribution in [0.25, 0.3) is 0 Å². The molecule has 1 saturated heterocycles. The number of hydrogen-bond donors (Lipinski definition) is 3. The van der Waals surface area contributed by atoms with Gasteiger partial charge in [-0.3, -0.25) is 4.79 Å². The van der Waals surface area contributed by atoms with E-state index in [4.69, 9.17) is 11.5 Å². The molecule has 6 N–H and O–H groups in total. The largest absolute Gasteiger partial charge is 0.397 e. The summed E-state index contributed by atoms with van der Waals surface area (Å²) < 4.78 is 0. The van der Waals surface area contributed by atoms with Crippen molar-refractivity contribution in [1.82, 2.24) is 0 Å². The molecule has 140 valence electrons. The Morgan fingerprint density at radius 1 is 1.16 bits per heavy atom. The number of primary amides is 1. The average Bonchev–Trinajstić information content (AvgIpc) is 3.15. The predicted octanol–water partition coefficient (Wildman–Crippen LogP) is 1.17. The molecule has 7 nitrogen and oxygen atoms in total. The molecule has 1 fully saturated rings. The topological polar surface area (TPSA) is 105 Å². The van der Waals surface area contributed by atoms with Crippen LogP contribution >= 0.6 is 0 Å². The maximum absolute atomic E-state index is 9.47. The van der Waals surface area contributed by atoms with Crippen molar-refractivity contribution in [2.24, 2.45) is 17.4 Å². The lowest BCUT2D eigenvalue weighted by Gasteiger charge is -2.32. The molecule has 0 saturated carbocycles. The summed E-state index contributed by atoms with van der Waals surface area (Å²) >= 11 is 0. The Balaban J connectivity index is 0.000000399. The van der Waals surface area contributed by atoms with Gasteiger partial charge in [-0.25, -0.2) is 0 Å². The van der Waals surface area contributed by atoms with Crippen LogP contribution in [0.5, 0.6) is 0 Å². The fourth-order valence-corrected chi connectivity index (χ4v) is 3.92. The zero-order valence-corrected chi connectivity index (χ0v) is 15.8. The molecule has 3 rings (SSSR count). The van der Waals surface area contributed by atoms with E-state index in [1.807, 2.05) is 0 Å². The van der Waals surface area contributed by atoms with Crippen LogP contribution < -0.4 is 31.9 Å². The number of carbonyl (C=O) groups excluding carboxylic acids is 1. The fraction of sp³-hybridized carbons (Fsp3) is 0.611. The Hall–Kier alpha value is -2.15. The predicted molar refractivity (Wildman–Crippen MR) is 106 cm³/mol. The van der Waals surface area contributed by atoms with Gasteiger partial charge in [0.15, 0.2) is 0 Å². The van der Waals surface area contributed by atoms with E-state index in [1.54, 1.807) is 0 Å². The number of carbonyl (C=O) groups is 1. The first-order valence-electron chi connectivity index (χ1n) is 8.91. The van der Waals surface area contributed by atoms with E-state index in [2.05, 4.69) is 60.5 Å². The van der Waals surface area contributed by atoms with Gasteiger partial charge in [-0.1, -0.05) is 13.8 Å². The molecule has 7 heteroatoms. The van der Waals surface area contributed by atoms with E-state index in [0.29, 0.717) is 12.1 Å². The minimum absolute atomic E-state index is 0.0556. The van der Waals surface area contributed by atoms with Gasteiger partial charge in [0.05, 0.1) is 29.3 Å². The van der Waals surface area contributed by atoms with E-state index in [-0.39, 0.29) is 6.54 Å². The summed E-state index contributed by atoms with van der Waals surface area (Å²) in [5.74, 6) is 0.107. The summed E-state index contributed by atoms with van der Waals surface area (Å²) in [5.41, 5.74) is 20.3. The van der Waals surface area contributed by atoms with Crippen LogP contribution in [0.15, 0.2) is 12.1 Å². The summed E-state index contributed by atoms with van der Waals surface area (Å²) in [5, 5.41) is 0. The lowest BCUT2D eigenvalue weighted by atomic mass is 10.1. The van der Waals surface area contributed by atoms with Crippen molar-refractivity contribution in [3.05, 3.63) is 12.1 Å². The van der Waals surface area contributed by atoms with Crippen LogP contribution in [0.4, 0.5) is 22.7 Å². The van der Waals surface area contributed by atoms with Gasteiger partial charge in [-0.05, 0) is 30.9 Å². The molecule has 2 heterocycles. The van der Waals surface area contributed by atoms with Gasteiger partial charge in [-0.2, -0.15) is 0 Å². The quantitative estimate of drug-likeness (QED) is 0.708. The molecule has 1 atom stereocenters. The van der Waals surface area contributed by atoms with Crippen molar-refractivity contribution in [1.29, 1.82) is 0 Å². The van der Waals surface area contributed by atoms with Crippen LogP contribution in [-0.2, 0) is 4.79 Å². The van der Waals surface area contributed by atoms with Gasteiger partial charge >= 0.3 is 0 Å². The molecular formula is C18H32N6O. The summed E-state index contributed by atoms with van der Waals surface area (Å²) in [6.07, 6.45) is 2.96.